The van der Waals surface area contributed by atoms with E-state index < -0.39 is 5.66 Å². The zero-order valence-corrected chi connectivity index (χ0v) is 10.7. The third-order valence-electron chi connectivity index (χ3n) is 3.18. The maximum Gasteiger partial charge on any atom is 0.171 e. The maximum absolute atomic E-state index is 9.40. The van der Waals surface area contributed by atoms with E-state index in [9.17, 15) is 5.26 Å². The van der Waals surface area contributed by atoms with E-state index >= 15 is 0 Å². The second kappa shape index (κ2) is 4.76. The number of azo groups is 1. The summed E-state index contributed by atoms with van der Waals surface area (Å²) in [5.41, 5.74) is 6.88. The van der Waals surface area contributed by atoms with E-state index in [1.807, 2.05) is 30.3 Å². The van der Waals surface area contributed by atoms with Gasteiger partial charge in [-0.15, -0.1) is 5.11 Å². The van der Waals surface area contributed by atoms with Crippen molar-refractivity contribution in [1.29, 1.82) is 5.26 Å². The first-order valence-electron chi connectivity index (χ1n) is 6.17. The number of hydrogen-bond acceptors (Lipinski definition) is 5. The Morgan fingerprint density at radius 1 is 1.20 bits per heavy atom. The summed E-state index contributed by atoms with van der Waals surface area (Å²) in [6.45, 7) is 0. The zero-order chi connectivity index (χ0) is 14.0. The Labute approximate surface area is 116 Å². The molecule has 1 aliphatic rings. The number of hydrogen-bond donors (Lipinski definition) is 1. The van der Waals surface area contributed by atoms with Crippen molar-refractivity contribution >= 4 is 5.70 Å². The molecule has 98 valence electrons. The Kier molecular flexibility index (Phi) is 2.93. The van der Waals surface area contributed by atoms with Gasteiger partial charge in [-0.05, 0) is 17.7 Å². The van der Waals surface area contributed by atoms with Gasteiger partial charge < -0.3 is 10.2 Å². The van der Waals surface area contributed by atoms with Crippen LogP contribution in [-0.4, -0.2) is 5.66 Å². The summed E-state index contributed by atoms with van der Waals surface area (Å²) < 4.78 is 5.27. The summed E-state index contributed by atoms with van der Waals surface area (Å²) in [6.07, 6.45) is 1.95. The molecule has 0 fully saturated rings. The molecule has 1 unspecified atom stereocenters. The number of benzene rings is 1. The summed E-state index contributed by atoms with van der Waals surface area (Å²) in [5, 5.41) is 17.5. The predicted octanol–water partition coefficient (Wildman–Crippen LogP) is 2.88. The lowest BCUT2D eigenvalue weighted by atomic mass is 9.93. The van der Waals surface area contributed by atoms with Gasteiger partial charge >= 0.3 is 0 Å². The first-order valence-corrected chi connectivity index (χ1v) is 6.17. The molecule has 0 saturated heterocycles. The summed E-state index contributed by atoms with van der Waals surface area (Å²) in [4.78, 5) is 0. The lowest BCUT2D eigenvalue weighted by Crippen LogP contribution is -2.40. The highest BCUT2D eigenvalue weighted by Crippen LogP contribution is 2.36. The molecule has 0 aliphatic carbocycles. The summed E-state index contributed by atoms with van der Waals surface area (Å²) in [6, 6.07) is 15.3. The van der Waals surface area contributed by atoms with Crippen LogP contribution in [-0.2, 0) is 6.42 Å². The van der Waals surface area contributed by atoms with Crippen LogP contribution in [0.3, 0.4) is 0 Å². The first-order chi connectivity index (χ1) is 9.73. The third kappa shape index (κ3) is 2.02. The Morgan fingerprint density at radius 3 is 2.65 bits per heavy atom. The van der Waals surface area contributed by atoms with Crippen LogP contribution >= 0.6 is 0 Å². The Hall–Kier alpha value is -2.71. The predicted molar refractivity (Wildman–Crippen MR) is 73.2 cm³/mol. The Balaban J connectivity index is 1.99. The molecule has 0 saturated carbocycles. The highest BCUT2D eigenvalue weighted by molar-refractivity contribution is 5.71. The minimum Gasteiger partial charge on any atom is -0.463 e. The van der Waals surface area contributed by atoms with Crippen molar-refractivity contribution in [2.45, 2.75) is 12.1 Å². The van der Waals surface area contributed by atoms with E-state index in [0.29, 0.717) is 23.5 Å². The molecule has 0 bridgehead atoms. The Bertz CT molecular complexity index is 710. The third-order valence-corrected chi connectivity index (χ3v) is 3.18. The topological polar surface area (TPSA) is 87.7 Å². The molecule has 5 nitrogen and oxygen atoms in total. The average Bonchev–Trinajstić information content (AvgIpc) is 3.07. The minimum absolute atomic E-state index is 0.330. The number of rotatable bonds is 3. The largest absolute Gasteiger partial charge is 0.463 e. The van der Waals surface area contributed by atoms with Crippen LogP contribution in [0.1, 0.15) is 11.3 Å². The molecule has 1 aromatic carbocycles. The molecule has 2 aromatic rings. The van der Waals surface area contributed by atoms with Crippen molar-refractivity contribution in [3.8, 4) is 6.07 Å². The van der Waals surface area contributed by atoms with E-state index in [0.717, 1.165) is 5.56 Å². The van der Waals surface area contributed by atoms with Crippen LogP contribution in [0, 0.1) is 11.3 Å². The maximum atomic E-state index is 9.40. The van der Waals surface area contributed by atoms with Gasteiger partial charge in [0.15, 0.2) is 11.4 Å². The number of nitrogens with two attached hydrogens (primary N) is 1. The monoisotopic (exact) mass is 264 g/mol. The molecule has 0 spiro atoms. The fourth-order valence-electron chi connectivity index (χ4n) is 2.21. The van der Waals surface area contributed by atoms with E-state index in [1.165, 1.54) is 6.26 Å². The van der Waals surface area contributed by atoms with Gasteiger partial charge in [0.25, 0.3) is 0 Å². The van der Waals surface area contributed by atoms with Crippen LogP contribution in [0.25, 0.3) is 5.70 Å². The normalized spacial score (nSPS) is 21.2. The van der Waals surface area contributed by atoms with E-state index in [-0.39, 0.29) is 0 Å². The van der Waals surface area contributed by atoms with Crippen molar-refractivity contribution in [3.05, 3.63) is 65.6 Å². The molecule has 1 aliphatic heterocycles. The van der Waals surface area contributed by atoms with Crippen molar-refractivity contribution in [2.75, 3.05) is 0 Å². The van der Waals surface area contributed by atoms with Crippen molar-refractivity contribution in [3.63, 3.8) is 0 Å². The molecule has 2 heterocycles. The highest BCUT2D eigenvalue weighted by atomic mass is 16.3. The van der Waals surface area contributed by atoms with E-state index in [1.54, 1.807) is 12.1 Å². The SMILES string of the molecule is N#CC1=C(c2ccco2)N=NC1(N)Cc1ccccc1. The average molecular weight is 264 g/mol. The van der Waals surface area contributed by atoms with Crippen LogP contribution in [0.15, 0.2) is 68.9 Å². The zero-order valence-electron chi connectivity index (χ0n) is 10.7. The first kappa shape index (κ1) is 12.3. The molecule has 20 heavy (non-hydrogen) atoms. The quantitative estimate of drug-likeness (QED) is 0.924. The van der Waals surface area contributed by atoms with Gasteiger partial charge in [-0.1, -0.05) is 30.3 Å². The van der Waals surface area contributed by atoms with Crippen LogP contribution < -0.4 is 5.73 Å². The van der Waals surface area contributed by atoms with Gasteiger partial charge in [-0.3, -0.25) is 0 Å². The van der Waals surface area contributed by atoms with Crippen LogP contribution in [0.2, 0.25) is 0 Å². The van der Waals surface area contributed by atoms with Crippen LogP contribution in [0.4, 0.5) is 0 Å². The molecule has 5 heteroatoms. The molecule has 1 atom stereocenters. The fraction of sp³-hybridized carbons (Fsp3) is 0.133. The molecule has 0 amide bonds. The lowest BCUT2D eigenvalue weighted by Gasteiger charge is -2.19. The molecule has 0 radical (unpaired) electrons. The fourth-order valence-corrected chi connectivity index (χ4v) is 2.21. The molecule has 1 aromatic heterocycles. The second-order valence-electron chi connectivity index (χ2n) is 4.60. The smallest absolute Gasteiger partial charge is 0.171 e. The lowest BCUT2D eigenvalue weighted by molar-refractivity contribution is 0.527. The van der Waals surface area contributed by atoms with E-state index in [2.05, 4.69) is 16.3 Å². The van der Waals surface area contributed by atoms with Gasteiger partial charge in [0.1, 0.15) is 17.3 Å². The number of nitriles is 1. The van der Waals surface area contributed by atoms with Crippen molar-refractivity contribution < 1.29 is 4.42 Å². The van der Waals surface area contributed by atoms with Gasteiger partial charge in [0, 0.05) is 6.42 Å². The molecular weight excluding hydrogens is 252 g/mol. The summed E-state index contributed by atoms with van der Waals surface area (Å²) >= 11 is 0. The molecule has 3 rings (SSSR count). The Morgan fingerprint density at radius 2 is 2.00 bits per heavy atom. The summed E-state index contributed by atoms with van der Waals surface area (Å²) in [7, 11) is 0. The standard InChI is InChI=1S/C15H12N4O/c16-10-12-14(13-7-4-8-20-13)18-19-15(12,17)9-11-5-2-1-3-6-11/h1-8H,9,17H2. The van der Waals surface area contributed by atoms with Crippen molar-refractivity contribution in [1.82, 2.24) is 0 Å². The van der Waals surface area contributed by atoms with Crippen molar-refractivity contribution in [2.24, 2.45) is 16.0 Å². The van der Waals surface area contributed by atoms with Crippen LogP contribution in [0.5, 0.6) is 0 Å². The van der Waals surface area contributed by atoms with Gasteiger partial charge in [-0.2, -0.15) is 10.4 Å². The number of nitrogens with zero attached hydrogens (tertiary/aromatic N) is 3. The number of furan rings is 1. The minimum atomic E-state index is -1.13. The second-order valence-corrected chi connectivity index (χ2v) is 4.60. The highest BCUT2D eigenvalue weighted by Gasteiger charge is 2.38. The summed E-state index contributed by atoms with van der Waals surface area (Å²) in [5.74, 6) is 0.505. The van der Waals surface area contributed by atoms with Gasteiger partial charge in [-0.25, -0.2) is 0 Å². The van der Waals surface area contributed by atoms with Gasteiger partial charge in [0.2, 0.25) is 0 Å². The molecule has 2 N–H and O–H groups in total. The van der Waals surface area contributed by atoms with Gasteiger partial charge in [0.05, 0.1) is 6.26 Å². The van der Waals surface area contributed by atoms with E-state index in [4.69, 9.17) is 10.2 Å². The molecular formula is C15H12N4O.